The Morgan fingerprint density at radius 2 is 0.768 bits per heavy atom. The number of aliphatic carboxylic acids is 2. The molecule has 56 heavy (non-hydrogen) atoms. The van der Waals surface area contributed by atoms with Gasteiger partial charge in [-0.25, -0.2) is 0 Å². The third-order valence-corrected chi connectivity index (χ3v) is 9.22. The molecular formula is C42H82N4Na2O8. The van der Waals surface area contributed by atoms with E-state index in [9.17, 15) is 19.2 Å². The number of unbranched alkanes of at least 4 members (excludes halogenated alkanes) is 19. The van der Waals surface area contributed by atoms with Gasteiger partial charge in [-0.05, 0) is 38.5 Å². The zero-order valence-electron chi connectivity index (χ0n) is 36.5. The molecule has 2 radical (unpaired) electrons. The van der Waals surface area contributed by atoms with Gasteiger partial charge in [0.1, 0.15) is 0 Å². The van der Waals surface area contributed by atoms with Crippen LogP contribution < -0.4 is 10.6 Å². The van der Waals surface area contributed by atoms with Crippen LogP contribution in [0.25, 0.3) is 0 Å². The number of aliphatic hydroxyl groups excluding tert-OH is 2. The second kappa shape index (κ2) is 50.6. The van der Waals surface area contributed by atoms with Gasteiger partial charge in [0.15, 0.2) is 0 Å². The van der Waals surface area contributed by atoms with E-state index in [1.54, 1.807) is 9.80 Å². The average molecular weight is 817 g/mol. The predicted molar refractivity (Wildman–Crippen MR) is 231 cm³/mol. The minimum atomic E-state index is -0.928. The maximum atomic E-state index is 11.8. The normalized spacial score (nSPS) is 10.8. The minimum Gasteiger partial charge on any atom is -0.480 e. The van der Waals surface area contributed by atoms with Crippen LogP contribution in [0.4, 0.5) is 0 Å². The van der Waals surface area contributed by atoms with E-state index in [2.05, 4.69) is 36.6 Å². The first-order valence-corrected chi connectivity index (χ1v) is 21.5. The Hall–Kier alpha value is -0.540. The van der Waals surface area contributed by atoms with E-state index in [-0.39, 0.29) is 97.2 Å². The number of rotatable bonds is 39. The van der Waals surface area contributed by atoms with Crippen LogP contribution in [0.3, 0.4) is 0 Å². The van der Waals surface area contributed by atoms with Crippen molar-refractivity contribution in [1.82, 2.24) is 20.4 Å². The molecule has 6 N–H and O–H groups in total. The second-order valence-corrected chi connectivity index (χ2v) is 14.4. The fourth-order valence-corrected chi connectivity index (χ4v) is 6.04. The zero-order chi connectivity index (χ0) is 40.3. The fraction of sp³-hybridized carbons (Fsp3) is 0.857. The van der Waals surface area contributed by atoms with Crippen molar-refractivity contribution in [1.29, 1.82) is 0 Å². The van der Waals surface area contributed by atoms with E-state index in [1.807, 2.05) is 0 Å². The fourth-order valence-electron chi connectivity index (χ4n) is 6.04. The molecule has 14 heteroatoms. The number of nitrogens with one attached hydrogen (secondary N) is 2. The number of carboxylic acids is 2. The summed E-state index contributed by atoms with van der Waals surface area (Å²) in [5.41, 5.74) is 0. The minimum absolute atomic E-state index is 0. The van der Waals surface area contributed by atoms with Crippen LogP contribution in [0.1, 0.15) is 168 Å². The van der Waals surface area contributed by atoms with E-state index in [0.29, 0.717) is 52.1 Å². The molecule has 0 bridgehead atoms. The number of amides is 2. The molecule has 0 aromatic carbocycles. The van der Waals surface area contributed by atoms with Gasteiger partial charge in [0.2, 0.25) is 11.8 Å². The first-order chi connectivity index (χ1) is 26.2. The van der Waals surface area contributed by atoms with Gasteiger partial charge in [0, 0.05) is 111 Å². The summed E-state index contributed by atoms with van der Waals surface area (Å²) < 4.78 is 0. The van der Waals surface area contributed by atoms with Crippen molar-refractivity contribution in [3.8, 4) is 0 Å². The number of aliphatic hydroxyl groups is 2. The Morgan fingerprint density at radius 1 is 0.464 bits per heavy atom. The van der Waals surface area contributed by atoms with Crippen LogP contribution in [0.2, 0.25) is 0 Å². The molecule has 0 saturated carbocycles. The first kappa shape index (κ1) is 62.1. The Morgan fingerprint density at radius 3 is 1.07 bits per heavy atom. The topological polar surface area (TPSA) is 180 Å². The van der Waals surface area contributed by atoms with Crippen molar-refractivity contribution >= 4 is 82.9 Å². The third-order valence-electron chi connectivity index (χ3n) is 9.22. The number of carboxylic acid groups (broad SMARTS) is 2. The summed E-state index contributed by atoms with van der Waals surface area (Å²) >= 11 is 0. The van der Waals surface area contributed by atoms with Crippen LogP contribution >= 0.6 is 0 Å². The van der Waals surface area contributed by atoms with Gasteiger partial charge < -0.3 is 31.1 Å². The van der Waals surface area contributed by atoms with Crippen LogP contribution in [-0.2, 0) is 19.2 Å². The number of hydrogen-bond acceptors (Lipinski definition) is 8. The van der Waals surface area contributed by atoms with Crippen LogP contribution in [0.15, 0.2) is 12.2 Å². The molecule has 0 aliphatic heterocycles. The second-order valence-electron chi connectivity index (χ2n) is 14.4. The van der Waals surface area contributed by atoms with Crippen LogP contribution in [-0.4, -0.2) is 179 Å². The number of carbonyl (C=O) groups is 4. The molecule has 0 aromatic heterocycles. The number of nitrogens with zero attached hydrogens (tertiary/aromatic N) is 2. The smallest absolute Gasteiger partial charge is 0.317 e. The Kier molecular flexibility index (Phi) is 56.1. The molecule has 0 rings (SSSR count). The number of carbonyl (C=O) groups excluding carboxylic acids is 2. The maximum absolute atomic E-state index is 11.8. The van der Waals surface area contributed by atoms with Gasteiger partial charge in [0.25, 0.3) is 0 Å². The molecule has 0 atom stereocenters. The first-order valence-electron chi connectivity index (χ1n) is 21.5. The summed E-state index contributed by atoms with van der Waals surface area (Å²) in [5, 5.41) is 41.0. The number of hydrogen-bond donors (Lipinski definition) is 6. The van der Waals surface area contributed by atoms with Crippen molar-refractivity contribution in [3.63, 3.8) is 0 Å². The monoisotopic (exact) mass is 817 g/mol. The van der Waals surface area contributed by atoms with Crippen molar-refractivity contribution in [3.05, 3.63) is 12.2 Å². The molecule has 0 heterocycles. The summed E-state index contributed by atoms with van der Waals surface area (Å²) in [5.74, 6) is -1.81. The van der Waals surface area contributed by atoms with Crippen LogP contribution in [0.5, 0.6) is 0 Å². The average Bonchev–Trinajstić information content (AvgIpc) is 3.12. The summed E-state index contributed by atoms with van der Waals surface area (Å²) in [6, 6.07) is 0. The van der Waals surface area contributed by atoms with E-state index in [4.69, 9.17) is 20.4 Å². The van der Waals surface area contributed by atoms with Crippen molar-refractivity contribution < 1.29 is 39.6 Å². The quantitative estimate of drug-likeness (QED) is 0.0239. The Balaban J connectivity index is -0.000000477. The summed E-state index contributed by atoms with van der Waals surface area (Å²) in [4.78, 5) is 48.2. The van der Waals surface area contributed by atoms with Gasteiger partial charge >= 0.3 is 11.9 Å². The van der Waals surface area contributed by atoms with Gasteiger partial charge in [-0.2, -0.15) is 0 Å². The molecule has 0 spiro atoms. The Labute approximate surface area is 385 Å². The van der Waals surface area contributed by atoms with Crippen molar-refractivity contribution in [2.75, 3.05) is 65.6 Å². The zero-order valence-corrected chi connectivity index (χ0v) is 40.5. The summed E-state index contributed by atoms with van der Waals surface area (Å²) in [6.07, 6.45) is 32.9. The maximum Gasteiger partial charge on any atom is 0.317 e. The molecule has 0 aromatic rings. The standard InChI is InChI=1S/C24H46N2O4.C18H36N2O4.2Na/c1-2-3-4-5-6-7-8-9-10-11-12-13-14-15-16-17-23(28)25-18-19-26(20-21-27)22-24(29)30;1-2-3-4-5-6-7-8-9-10-11-17(22)19-12-13-20(14-15-21)16-18(23)24;;/h9-10,27H,2-8,11-22H2,1H3,(H,25,28)(H,29,30);21H,2-16H2,1H3,(H,19,22)(H,23,24);;/b10-9-;;;. The van der Waals surface area contributed by atoms with Gasteiger partial charge in [-0.15, -0.1) is 0 Å². The SMILES string of the molecule is CCCCCCCC/C=C\CCCCCCCC(=O)NCCN(CCO)CC(=O)O.CCCCCCCCCCCC(=O)NCCN(CCO)CC(=O)O.[Na].[Na]. The summed E-state index contributed by atoms with van der Waals surface area (Å²) in [6.45, 7) is 6.39. The Bertz CT molecular complexity index is 918. The molecule has 0 aliphatic carbocycles. The summed E-state index contributed by atoms with van der Waals surface area (Å²) in [7, 11) is 0. The molecule has 320 valence electrons. The molecule has 2 amide bonds. The van der Waals surface area contributed by atoms with E-state index < -0.39 is 11.9 Å². The van der Waals surface area contributed by atoms with E-state index in [0.717, 1.165) is 32.1 Å². The molecular weight excluding hydrogens is 734 g/mol. The van der Waals surface area contributed by atoms with E-state index >= 15 is 0 Å². The molecule has 0 fully saturated rings. The molecule has 0 unspecified atom stereocenters. The van der Waals surface area contributed by atoms with Crippen molar-refractivity contribution in [2.45, 2.75) is 168 Å². The van der Waals surface area contributed by atoms with E-state index in [1.165, 1.54) is 109 Å². The van der Waals surface area contributed by atoms with Crippen molar-refractivity contribution in [2.24, 2.45) is 0 Å². The molecule has 12 nitrogen and oxygen atoms in total. The van der Waals surface area contributed by atoms with Gasteiger partial charge in [0.05, 0.1) is 26.3 Å². The van der Waals surface area contributed by atoms with Gasteiger partial charge in [-0.3, -0.25) is 29.0 Å². The number of allylic oxidation sites excluding steroid dienone is 2. The molecule has 0 aliphatic rings. The predicted octanol–water partition coefficient (Wildman–Crippen LogP) is 6.16. The molecule has 0 saturated heterocycles. The third kappa shape index (κ3) is 51.5. The van der Waals surface area contributed by atoms with Gasteiger partial charge in [-0.1, -0.05) is 129 Å². The largest absolute Gasteiger partial charge is 0.480 e. The van der Waals surface area contributed by atoms with Crippen LogP contribution in [0, 0.1) is 0 Å².